The number of nitrogens with one attached hydrogen (secondary N) is 1. The zero-order chi connectivity index (χ0) is 14.8. The fourth-order valence-corrected chi connectivity index (χ4v) is 3.17. The Morgan fingerprint density at radius 1 is 1.05 bits per heavy atom. The molecule has 21 heavy (non-hydrogen) atoms. The zero-order valence-electron chi connectivity index (χ0n) is 11.2. The van der Waals surface area contributed by atoms with Crippen LogP contribution in [0.5, 0.6) is 5.75 Å². The Hall–Kier alpha value is -0.930. The molecule has 5 heteroatoms. The van der Waals surface area contributed by atoms with Gasteiger partial charge in [0, 0.05) is 34.6 Å². The van der Waals surface area contributed by atoms with Gasteiger partial charge in [-0.05, 0) is 29.8 Å². The van der Waals surface area contributed by atoms with Crippen LogP contribution in [0.25, 0.3) is 0 Å². The maximum absolute atomic E-state index is 6.20. The monoisotopic (exact) mass is 341 g/mol. The van der Waals surface area contributed by atoms with Gasteiger partial charge in [-0.2, -0.15) is 0 Å². The summed E-state index contributed by atoms with van der Waals surface area (Å²) in [6.45, 7) is 1.40. The predicted molar refractivity (Wildman–Crippen MR) is 87.6 cm³/mol. The molecule has 0 amide bonds. The first-order valence-electron chi connectivity index (χ1n) is 6.73. The summed E-state index contributed by atoms with van der Waals surface area (Å²) < 4.78 is 5.66. The van der Waals surface area contributed by atoms with Crippen molar-refractivity contribution in [2.24, 2.45) is 0 Å². The van der Waals surface area contributed by atoms with E-state index in [0.29, 0.717) is 16.7 Å². The van der Waals surface area contributed by atoms with Crippen molar-refractivity contribution in [2.45, 2.75) is 19.0 Å². The van der Waals surface area contributed by atoms with E-state index >= 15 is 0 Å². The van der Waals surface area contributed by atoms with E-state index in [1.165, 1.54) is 5.56 Å². The van der Waals surface area contributed by atoms with Crippen LogP contribution in [0.3, 0.4) is 0 Å². The molecule has 3 rings (SSSR count). The highest BCUT2D eigenvalue weighted by atomic mass is 35.5. The lowest BCUT2D eigenvalue weighted by atomic mass is 10.00. The molecule has 1 heterocycles. The Morgan fingerprint density at radius 2 is 1.81 bits per heavy atom. The van der Waals surface area contributed by atoms with Gasteiger partial charge in [0.05, 0.1) is 11.6 Å². The Balaban J connectivity index is 1.77. The van der Waals surface area contributed by atoms with E-state index in [2.05, 4.69) is 5.32 Å². The van der Waals surface area contributed by atoms with E-state index in [0.717, 1.165) is 29.3 Å². The van der Waals surface area contributed by atoms with Gasteiger partial charge < -0.3 is 10.1 Å². The van der Waals surface area contributed by atoms with Crippen molar-refractivity contribution in [1.82, 2.24) is 5.32 Å². The molecule has 0 radical (unpaired) electrons. The second kappa shape index (κ2) is 6.45. The molecule has 1 atom stereocenters. The van der Waals surface area contributed by atoms with Crippen molar-refractivity contribution in [3.8, 4) is 5.75 Å². The van der Waals surface area contributed by atoms with Crippen LogP contribution in [0.2, 0.25) is 15.1 Å². The average Bonchev–Trinajstić information content (AvgIpc) is 2.47. The van der Waals surface area contributed by atoms with Gasteiger partial charge in [-0.25, -0.2) is 0 Å². The molecule has 2 aromatic rings. The van der Waals surface area contributed by atoms with Crippen molar-refractivity contribution in [3.05, 3.63) is 62.6 Å². The van der Waals surface area contributed by atoms with E-state index < -0.39 is 0 Å². The smallest absolute Gasteiger partial charge is 0.142 e. The molecule has 0 aliphatic carbocycles. The summed E-state index contributed by atoms with van der Waals surface area (Å²) in [7, 11) is 0. The van der Waals surface area contributed by atoms with Crippen LogP contribution < -0.4 is 10.1 Å². The van der Waals surface area contributed by atoms with Gasteiger partial charge in [-0.15, -0.1) is 0 Å². The molecule has 0 saturated carbocycles. The Kier molecular flexibility index (Phi) is 4.60. The van der Waals surface area contributed by atoms with Gasteiger partial charge in [0.15, 0.2) is 0 Å². The lowest BCUT2D eigenvalue weighted by molar-refractivity contribution is 0.252. The number of hydrogen-bond acceptors (Lipinski definition) is 2. The van der Waals surface area contributed by atoms with Gasteiger partial charge in [-0.3, -0.25) is 0 Å². The van der Waals surface area contributed by atoms with E-state index in [9.17, 15) is 0 Å². The van der Waals surface area contributed by atoms with Gasteiger partial charge in [0.25, 0.3) is 0 Å². The van der Waals surface area contributed by atoms with Crippen molar-refractivity contribution in [1.29, 1.82) is 0 Å². The summed E-state index contributed by atoms with van der Waals surface area (Å²) >= 11 is 18.2. The molecular formula is C16H14Cl3NO. The first-order chi connectivity index (χ1) is 10.1. The van der Waals surface area contributed by atoms with Crippen LogP contribution in [0, 0.1) is 0 Å². The third kappa shape index (κ3) is 3.46. The van der Waals surface area contributed by atoms with Crippen molar-refractivity contribution >= 4 is 34.8 Å². The maximum Gasteiger partial charge on any atom is 0.142 e. The number of rotatable bonds is 3. The molecule has 1 unspecified atom stereocenters. The Labute approximate surface area is 139 Å². The lowest BCUT2D eigenvalue weighted by Gasteiger charge is -2.27. The zero-order valence-corrected chi connectivity index (χ0v) is 13.5. The van der Waals surface area contributed by atoms with Crippen LogP contribution in [0.1, 0.15) is 23.6 Å². The van der Waals surface area contributed by atoms with Crippen molar-refractivity contribution in [3.63, 3.8) is 0 Å². The van der Waals surface area contributed by atoms with E-state index in [1.807, 2.05) is 30.3 Å². The second-order valence-electron chi connectivity index (χ2n) is 5.00. The normalized spacial score (nSPS) is 17.2. The number of fused-ring (bicyclic) bond motifs is 1. The molecule has 2 nitrogen and oxygen atoms in total. The molecule has 110 valence electrons. The third-order valence-corrected chi connectivity index (χ3v) is 4.28. The number of benzene rings is 2. The molecule has 1 aliphatic heterocycles. The predicted octanol–water partition coefficient (Wildman–Crippen LogP) is 5.26. The van der Waals surface area contributed by atoms with Gasteiger partial charge in [-0.1, -0.05) is 46.9 Å². The lowest BCUT2D eigenvalue weighted by Crippen LogP contribution is -2.27. The Morgan fingerprint density at radius 3 is 2.57 bits per heavy atom. The molecule has 0 bridgehead atoms. The summed E-state index contributed by atoms with van der Waals surface area (Å²) in [5, 5.41) is 5.46. The third-order valence-electron chi connectivity index (χ3n) is 3.53. The summed E-state index contributed by atoms with van der Waals surface area (Å²) in [5.74, 6) is 0.737. The minimum atomic E-state index is 0.181. The van der Waals surface area contributed by atoms with E-state index in [-0.39, 0.29) is 6.04 Å². The van der Waals surface area contributed by atoms with Crippen LogP contribution in [-0.4, -0.2) is 6.61 Å². The van der Waals surface area contributed by atoms with Gasteiger partial charge >= 0.3 is 0 Å². The quantitative estimate of drug-likeness (QED) is 0.821. The van der Waals surface area contributed by atoms with Crippen LogP contribution in [0.4, 0.5) is 0 Å². The Bertz CT molecular complexity index is 643. The molecular weight excluding hydrogens is 329 g/mol. The molecule has 2 aromatic carbocycles. The summed E-state index contributed by atoms with van der Waals surface area (Å²) in [6.07, 6.45) is 0.886. The second-order valence-corrected chi connectivity index (χ2v) is 6.28. The topological polar surface area (TPSA) is 21.3 Å². The SMILES string of the molecule is Clc1ccc(CNC2CCOc3c(Cl)cc(Cl)cc32)cc1. The molecule has 1 aliphatic rings. The highest BCUT2D eigenvalue weighted by molar-refractivity contribution is 6.35. The van der Waals surface area contributed by atoms with Crippen LogP contribution in [0.15, 0.2) is 36.4 Å². The van der Waals surface area contributed by atoms with Crippen molar-refractivity contribution < 1.29 is 4.74 Å². The molecule has 0 spiro atoms. The minimum absolute atomic E-state index is 0.181. The van der Waals surface area contributed by atoms with Gasteiger partial charge in [0.1, 0.15) is 5.75 Å². The first-order valence-corrected chi connectivity index (χ1v) is 7.86. The number of ether oxygens (including phenoxy) is 1. The fraction of sp³-hybridized carbons (Fsp3) is 0.250. The van der Waals surface area contributed by atoms with Crippen LogP contribution in [-0.2, 0) is 6.54 Å². The summed E-state index contributed by atoms with van der Waals surface area (Å²) in [5.41, 5.74) is 2.20. The summed E-state index contributed by atoms with van der Waals surface area (Å²) in [4.78, 5) is 0. The van der Waals surface area contributed by atoms with E-state index in [1.54, 1.807) is 6.07 Å². The van der Waals surface area contributed by atoms with E-state index in [4.69, 9.17) is 39.5 Å². The molecule has 0 aromatic heterocycles. The highest BCUT2D eigenvalue weighted by Gasteiger charge is 2.23. The van der Waals surface area contributed by atoms with Crippen LogP contribution >= 0.6 is 34.8 Å². The molecule has 1 N–H and O–H groups in total. The largest absolute Gasteiger partial charge is 0.492 e. The van der Waals surface area contributed by atoms with Gasteiger partial charge in [0.2, 0.25) is 0 Å². The minimum Gasteiger partial charge on any atom is -0.492 e. The van der Waals surface area contributed by atoms with Crippen molar-refractivity contribution in [2.75, 3.05) is 6.61 Å². The molecule has 0 saturated heterocycles. The maximum atomic E-state index is 6.20. The average molecular weight is 343 g/mol. The molecule has 0 fully saturated rings. The highest BCUT2D eigenvalue weighted by Crippen LogP contribution is 2.40. The number of hydrogen-bond donors (Lipinski definition) is 1. The summed E-state index contributed by atoms with van der Waals surface area (Å²) in [6, 6.07) is 11.6. The fourth-order valence-electron chi connectivity index (χ4n) is 2.48. The standard InChI is InChI=1S/C16H14Cl3NO/c17-11-3-1-10(2-4-11)9-20-15-5-6-21-16-13(15)7-12(18)8-14(16)19/h1-4,7-8,15,20H,5-6,9H2. The number of halogens is 3. The first kappa shape index (κ1) is 15.0.